The van der Waals surface area contributed by atoms with Crippen molar-refractivity contribution in [2.75, 3.05) is 12.3 Å². The van der Waals surface area contributed by atoms with Crippen LogP contribution in [0.15, 0.2) is 48.5 Å². The first-order valence-electron chi connectivity index (χ1n) is 9.66. The maximum absolute atomic E-state index is 13.0. The number of amides is 2. The zero-order chi connectivity index (χ0) is 20.5. The third-order valence-corrected chi connectivity index (χ3v) is 5.52. The Labute approximate surface area is 172 Å². The molecule has 2 aromatic carbocycles. The van der Waals surface area contributed by atoms with Crippen LogP contribution in [0.2, 0.25) is 0 Å². The highest BCUT2D eigenvalue weighted by Crippen LogP contribution is 2.17. The number of carbonyl (C=O) groups is 2. The topological polar surface area (TPSA) is 49.4 Å². The Morgan fingerprint density at radius 3 is 2.25 bits per heavy atom. The van der Waals surface area contributed by atoms with Gasteiger partial charge in [0.15, 0.2) is 0 Å². The van der Waals surface area contributed by atoms with Crippen molar-refractivity contribution >= 4 is 23.6 Å². The molecule has 150 valence electrons. The lowest BCUT2D eigenvalue weighted by molar-refractivity contribution is -0.138. The molecular formula is C23H30N2O2S. The van der Waals surface area contributed by atoms with Gasteiger partial charge in [0.2, 0.25) is 11.8 Å². The van der Waals surface area contributed by atoms with Crippen LogP contribution < -0.4 is 5.32 Å². The van der Waals surface area contributed by atoms with E-state index in [4.69, 9.17) is 0 Å². The lowest BCUT2D eigenvalue weighted by Crippen LogP contribution is -2.48. The van der Waals surface area contributed by atoms with Crippen LogP contribution in [0.5, 0.6) is 0 Å². The highest BCUT2D eigenvalue weighted by atomic mass is 32.2. The largest absolute Gasteiger partial charge is 0.355 e. The fraction of sp³-hybridized carbons (Fsp3) is 0.391. The van der Waals surface area contributed by atoms with Gasteiger partial charge in [-0.25, -0.2) is 0 Å². The van der Waals surface area contributed by atoms with Crippen LogP contribution in [0.3, 0.4) is 0 Å². The number of nitrogens with zero attached hydrogens (tertiary/aromatic N) is 1. The lowest BCUT2D eigenvalue weighted by atomic mass is 10.1. The molecule has 4 nitrogen and oxygen atoms in total. The summed E-state index contributed by atoms with van der Waals surface area (Å²) >= 11 is 1.58. The molecule has 2 rings (SSSR count). The van der Waals surface area contributed by atoms with Crippen molar-refractivity contribution in [3.05, 3.63) is 70.8 Å². The average Bonchev–Trinajstić information content (AvgIpc) is 2.66. The minimum atomic E-state index is -0.507. The molecule has 0 aliphatic carbocycles. The Balaban J connectivity index is 2.05. The first-order chi connectivity index (χ1) is 13.4. The van der Waals surface area contributed by atoms with Crippen LogP contribution in [0, 0.1) is 13.8 Å². The van der Waals surface area contributed by atoms with Gasteiger partial charge in [0.05, 0.1) is 5.75 Å². The van der Waals surface area contributed by atoms with E-state index in [2.05, 4.69) is 36.5 Å². The van der Waals surface area contributed by atoms with Gasteiger partial charge < -0.3 is 10.2 Å². The van der Waals surface area contributed by atoms with Crippen LogP contribution in [0.25, 0.3) is 0 Å². The molecule has 5 heteroatoms. The summed E-state index contributed by atoms with van der Waals surface area (Å²) in [5.74, 6) is 0.996. The van der Waals surface area contributed by atoms with Crippen LogP contribution in [0.4, 0.5) is 0 Å². The van der Waals surface area contributed by atoms with Gasteiger partial charge in [-0.15, -0.1) is 11.8 Å². The molecule has 0 spiro atoms. The summed E-state index contributed by atoms with van der Waals surface area (Å²) in [6, 6.07) is 15.9. The van der Waals surface area contributed by atoms with Gasteiger partial charge in [-0.1, -0.05) is 59.7 Å². The Bertz CT molecular complexity index is 807. The molecule has 2 aromatic rings. The molecule has 0 radical (unpaired) electrons. The predicted molar refractivity (Wildman–Crippen MR) is 117 cm³/mol. The number of aryl methyl sites for hydroxylation is 2. The maximum Gasteiger partial charge on any atom is 0.242 e. The van der Waals surface area contributed by atoms with Crippen molar-refractivity contribution in [3.63, 3.8) is 0 Å². The maximum atomic E-state index is 13.0. The summed E-state index contributed by atoms with van der Waals surface area (Å²) in [4.78, 5) is 27.0. The number of nitrogens with one attached hydrogen (secondary N) is 1. The van der Waals surface area contributed by atoms with Gasteiger partial charge in [-0.2, -0.15) is 0 Å². The fourth-order valence-electron chi connectivity index (χ4n) is 3.05. The standard InChI is InChI=1S/C23H30N2O2S/c1-5-24-23(27)19(4)25(14-20-10-6-8-17(2)12-20)22(26)16-28-15-21-11-7-9-18(3)13-21/h6-13,19H,5,14-16H2,1-4H3,(H,24,27)/t19-/m1/s1. The van der Waals surface area contributed by atoms with E-state index in [1.54, 1.807) is 23.6 Å². The van der Waals surface area contributed by atoms with Gasteiger partial charge >= 0.3 is 0 Å². The Kier molecular flexibility index (Phi) is 8.58. The highest BCUT2D eigenvalue weighted by molar-refractivity contribution is 7.99. The highest BCUT2D eigenvalue weighted by Gasteiger charge is 2.25. The van der Waals surface area contributed by atoms with Crippen molar-refractivity contribution in [2.45, 2.75) is 46.0 Å². The van der Waals surface area contributed by atoms with Crippen LogP contribution in [-0.2, 0) is 21.9 Å². The van der Waals surface area contributed by atoms with Crippen molar-refractivity contribution in [2.24, 2.45) is 0 Å². The van der Waals surface area contributed by atoms with Crippen molar-refractivity contribution < 1.29 is 9.59 Å². The van der Waals surface area contributed by atoms with Gasteiger partial charge in [-0.3, -0.25) is 9.59 Å². The molecule has 0 unspecified atom stereocenters. The predicted octanol–water partition coefficient (Wildman–Crippen LogP) is 4.09. The molecule has 0 heterocycles. The molecule has 0 fully saturated rings. The first kappa shape index (κ1) is 22.0. The number of likely N-dealkylation sites (N-methyl/N-ethyl adjacent to an activating group) is 1. The van der Waals surface area contributed by atoms with Gasteiger partial charge in [0.1, 0.15) is 6.04 Å². The smallest absolute Gasteiger partial charge is 0.242 e. The molecule has 0 saturated carbocycles. The summed E-state index contributed by atoms with van der Waals surface area (Å²) in [5.41, 5.74) is 4.60. The summed E-state index contributed by atoms with van der Waals surface area (Å²) in [6.07, 6.45) is 0. The van der Waals surface area contributed by atoms with E-state index in [9.17, 15) is 9.59 Å². The lowest BCUT2D eigenvalue weighted by Gasteiger charge is -2.28. The molecule has 0 bridgehead atoms. The summed E-state index contributed by atoms with van der Waals surface area (Å²) in [7, 11) is 0. The minimum Gasteiger partial charge on any atom is -0.355 e. The molecule has 28 heavy (non-hydrogen) atoms. The monoisotopic (exact) mass is 398 g/mol. The second-order valence-electron chi connectivity index (χ2n) is 7.06. The number of hydrogen-bond acceptors (Lipinski definition) is 3. The molecule has 0 aliphatic rings. The molecule has 1 N–H and O–H groups in total. The third-order valence-electron chi connectivity index (χ3n) is 4.53. The van der Waals surface area contributed by atoms with Crippen LogP contribution in [0.1, 0.15) is 36.1 Å². The SMILES string of the molecule is CCNC(=O)[C@@H](C)N(Cc1cccc(C)c1)C(=O)CSCc1cccc(C)c1. The third kappa shape index (κ3) is 6.71. The molecule has 2 amide bonds. The van der Waals surface area contributed by atoms with E-state index in [-0.39, 0.29) is 11.8 Å². The van der Waals surface area contributed by atoms with Crippen molar-refractivity contribution in [3.8, 4) is 0 Å². The molecular weight excluding hydrogens is 368 g/mol. The summed E-state index contributed by atoms with van der Waals surface area (Å²) in [5, 5.41) is 2.83. The first-order valence-corrected chi connectivity index (χ1v) is 10.8. The van der Waals surface area contributed by atoms with E-state index in [0.717, 1.165) is 16.9 Å². The molecule has 1 atom stereocenters. The summed E-state index contributed by atoms with van der Waals surface area (Å²) in [6.45, 7) is 8.76. The Morgan fingerprint density at radius 2 is 1.64 bits per heavy atom. The van der Waals surface area contributed by atoms with Gasteiger partial charge in [-0.05, 0) is 38.8 Å². The fourth-order valence-corrected chi connectivity index (χ4v) is 3.91. The number of rotatable bonds is 9. The minimum absolute atomic E-state index is 0.0158. The van der Waals surface area contributed by atoms with E-state index < -0.39 is 6.04 Å². The molecule has 0 aliphatic heterocycles. The zero-order valence-electron chi connectivity index (χ0n) is 17.2. The number of hydrogen-bond donors (Lipinski definition) is 1. The van der Waals surface area contributed by atoms with E-state index in [1.165, 1.54) is 11.1 Å². The van der Waals surface area contributed by atoms with Crippen molar-refractivity contribution in [1.82, 2.24) is 10.2 Å². The average molecular weight is 399 g/mol. The van der Waals surface area contributed by atoms with E-state index in [0.29, 0.717) is 18.8 Å². The Morgan fingerprint density at radius 1 is 1.04 bits per heavy atom. The Hall–Kier alpha value is -2.27. The summed E-state index contributed by atoms with van der Waals surface area (Å²) < 4.78 is 0. The van der Waals surface area contributed by atoms with Gasteiger partial charge in [0, 0.05) is 18.8 Å². The molecule has 0 aromatic heterocycles. The van der Waals surface area contributed by atoms with Crippen LogP contribution >= 0.6 is 11.8 Å². The van der Waals surface area contributed by atoms with E-state index >= 15 is 0 Å². The second-order valence-corrected chi connectivity index (χ2v) is 8.05. The van der Waals surface area contributed by atoms with Gasteiger partial charge in [0.25, 0.3) is 0 Å². The normalized spacial score (nSPS) is 11.7. The van der Waals surface area contributed by atoms with Crippen molar-refractivity contribution in [1.29, 1.82) is 0 Å². The number of benzene rings is 2. The number of carbonyl (C=O) groups excluding carboxylic acids is 2. The zero-order valence-corrected chi connectivity index (χ0v) is 18.0. The van der Waals surface area contributed by atoms with Crippen LogP contribution in [-0.4, -0.2) is 35.1 Å². The number of thioether (sulfide) groups is 1. The quantitative estimate of drug-likeness (QED) is 0.692. The molecule has 0 saturated heterocycles. The van der Waals surface area contributed by atoms with E-state index in [1.807, 2.05) is 38.1 Å². The second kappa shape index (κ2) is 10.9.